The molecule has 0 saturated carbocycles. The number of carbonyl (C=O) groups is 1. The van der Waals surface area contributed by atoms with Crippen molar-refractivity contribution in [1.29, 1.82) is 0 Å². The van der Waals surface area contributed by atoms with Crippen LogP contribution in [-0.4, -0.2) is 5.78 Å². The molecule has 0 amide bonds. The van der Waals surface area contributed by atoms with Gasteiger partial charge in [0, 0.05) is 10.5 Å². The summed E-state index contributed by atoms with van der Waals surface area (Å²) in [5.74, 6) is 1.23. The Morgan fingerprint density at radius 2 is 1.75 bits per heavy atom. The molecule has 0 atom stereocenters. The highest BCUT2D eigenvalue weighted by Gasteiger charge is 2.27. The zero-order chi connectivity index (χ0) is 19.7. The van der Waals surface area contributed by atoms with Gasteiger partial charge in [0.2, 0.25) is 5.78 Å². The third-order valence-electron chi connectivity index (χ3n) is 4.20. The molecular weight excluding hydrogens is 463 g/mol. The number of benzene rings is 3. The molecular formula is C22H13BrCl2O3. The highest BCUT2D eigenvalue weighted by Crippen LogP contribution is 2.35. The summed E-state index contributed by atoms with van der Waals surface area (Å²) in [6.07, 6.45) is 1.73. The van der Waals surface area contributed by atoms with Crippen molar-refractivity contribution in [3.8, 4) is 11.5 Å². The minimum Gasteiger partial charge on any atom is -0.489 e. The molecule has 140 valence electrons. The Hall–Kier alpha value is -2.27. The van der Waals surface area contributed by atoms with Gasteiger partial charge in [0.05, 0.1) is 15.6 Å². The molecule has 0 bridgehead atoms. The second-order valence-electron chi connectivity index (χ2n) is 6.19. The maximum atomic E-state index is 12.6. The average molecular weight is 476 g/mol. The van der Waals surface area contributed by atoms with Crippen LogP contribution in [0.25, 0.3) is 6.08 Å². The van der Waals surface area contributed by atoms with Crippen molar-refractivity contribution < 1.29 is 14.3 Å². The van der Waals surface area contributed by atoms with Gasteiger partial charge >= 0.3 is 0 Å². The first kappa shape index (κ1) is 19.1. The summed E-state index contributed by atoms with van der Waals surface area (Å²) < 4.78 is 12.5. The smallest absolute Gasteiger partial charge is 0.231 e. The Morgan fingerprint density at radius 3 is 2.50 bits per heavy atom. The zero-order valence-electron chi connectivity index (χ0n) is 14.4. The van der Waals surface area contributed by atoms with E-state index < -0.39 is 0 Å². The highest BCUT2D eigenvalue weighted by atomic mass is 79.9. The Kier molecular flexibility index (Phi) is 5.44. The summed E-state index contributed by atoms with van der Waals surface area (Å²) in [5.41, 5.74) is 2.29. The molecule has 0 aromatic heterocycles. The lowest BCUT2D eigenvalue weighted by atomic mass is 10.1. The third-order valence-corrected chi connectivity index (χ3v) is 5.47. The van der Waals surface area contributed by atoms with Crippen LogP contribution in [0.2, 0.25) is 10.0 Å². The van der Waals surface area contributed by atoms with Crippen LogP contribution >= 0.6 is 39.1 Å². The normalized spacial score (nSPS) is 14.1. The topological polar surface area (TPSA) is 35.5 Å². The number of carbonyl (C=O) groups excluding carboxylic acids is 1. The monoisotopic (exact) mass is 474 g/mol. The number of ether oxygens (including phenoxy) is 2. The minimum atomic E-state index is -0.144. The summed E-state index contributed by atoms with van der Waals surface area (Å²) in [6.45, 7) is 0.325. The predicted molar refractivity (Wildman–Crippen MR) is 114 cm³/mol. The maximum Gasteiger partial charge on any atom is 0.231 e. The number of fused-ring (bicyclic) bond motifs is 1. The number of ketones is 1. The van der Waals surface area contributed by atoms with E-state index >= 15 is 0 Å². The maximum absolute atomic E-state index is 12.6. The summed E-state index contributed by atoms with van der Waals surface area (Å²) in [7, 11) is 0. The fourth-order valence-electron chi connectivity index (χ4n) is 2.76. The number of allylic oxidation sites excluding steroid dienone is 1. The van der Waals surface area contributed by atoms with Crippen molar-refractivity contribution in [2.75, 3.05) is 0 Å². The average Bonchev–Trinajstić information content (AvgIpc) is 2.99. The molecule has 6 heteroatoms. The van der Waals surface area contributed by atoms with Crippen LogP contribution < -0.4 is 9.47 Å². The van der Waals surface area contributed by atoms with Gasteiger partial charge in [-0.25, -0.2) is 0 Å². The lowest BCUT2D eigenvalue weighted by Gasteiger charge is -2.08. The number of hydrogen-bond acceptors (Lipinski definition) is 3. The predicted octanol–water partition coefficient (Wildman–Crippen LogP) is 6.95. The molecule has 4 rings (SSSR count). The van der Waals surface area contributed by atoms with Gasteiger partial charge in [-0.2, -0.15) is 0 Å². The molecule has 1 aliphatic heterocycles. The summed E-state index contributed by atoms with van der Waals surface area (Å²) in [6, 6.07) is 18.1. The molecule has 1 aliphatic rings. The largest absolute Gasteiger partial charge is 0.489 e. The lowest BCUT2D eigenvalue weighted by molar-refractivity contribution is 0.101. The van der Waals surface area contributed by atoms with E-state index in [9.17, 15) is 4.79 Å². The third kappa shape index (κ3) is 4.09. The van der Waals surface area contributed by atoms with Gasteiger partial charge in [-0.3, -0.25) is 4.79 Å². The quantitative estimate of drug-likeness (QED) is 0.383. The Labute approximate surface area is 180 Å². The molecule has 3 nitrogen and oxygen atoms in total. The van der Waals surface area contributed by atoms with Crippen molar-refractivity contribution in [2.24, 2.45) is 0 Å². The van der Waals surface area contributed by atoms with Gasteiger partial charge in [-0.1, -0.05) is 57.3 Å². The van der Waals surface area contributed by atoms with Gasteiger partial charge in [-0.05, 0) is 53.6 Å². The molecule has 28 heavy (non-hydrogen) atoms. The Balaban J connectivity index is 1.50. The van der Waals surface area contributed by atoms with Crippen molar-refractivity contribution in [2.45, 2.75) is 6.61 Å². The number of rotatable bonds is 4. The fourth-order valence-corrected chi connectivity index (χ4v) is 3.35. The van der Waals surface area contributed by atoms with E-state index in [1.54, 1.807) is 36.4 Å². The Bertz CT molecular complexity index is 1090. The van der Waals surface area contributed by atoms with E-state index in [0.29, 0.717) is 39.5 Å². The van der Waals surface area contributed by atoms with Crippen LogP contribution in [0.3, 0.4) is 0 Å². The van der Waals surface area contributed by atoms with Crippen molar-refractivity contribution in [1.82, 2.24) is 0 Å². The van der Waals surface area contributed by atoms with Crippen LogP contribution in [0.1, 0.15) is 21.5 Å². The molecule has 0 radical (unpaired) electrons. The fraction of sp³-hybridized carbons (Fsp3) is 0.0455. The van der Waals surface area contributed by atoms with Crippen molar-refractivity contribution in [3.05, 3.63) is 97.6 Å². The molecule has 3 aromatic carbocycles. The number of halogens is 3. The van der Waals surface area contributed by atoms with Crippen LogP contribution in [-0.2, 0) is 6.61 Å². The van der Waals surface area contributed by atoms with E-state index in [2.05, 4.69) is 15.9 Å². The first-order valence-corrected chi connectivity index (χ1v) is 9.95. The van der Waals surface area contributed by atoms with Gasteiger partial charge in [0.25, 0.3) is 0 Å². The molecule has 0 saturated heterocycles. The molecule has 0 spiro atoms. The second-order valence-corrected chi connectivity index (χ2v) is 7.92. The summed E-state index contributed by atoms with van der Waals surface area (Å²) in [4.78, 5) is 12.6. The summed E-state index contributed by atoms with van der Waals surface area (Å²) >= 11 is 15.3. The van der Waals surface area contributed by atoms with Crippen LogP contribution in [0.5, 0.6) is 11.5 Å². The van der Waals surface area contributed by atoms with Gasteiger partial charge in [-0.15, -0.1) is 0 Å². The van der Waals surface area contributed by atoms with E-state index in [-0.39, 0.29) is 5.78 Å². The standard InChI is InChI=1S/C22H13BrCl2O3/c23-15-4-1-13(2-5-15)10-21-22(26)17-7-6-16(11-20(17)28-21)27-12-14-3-8-18(24)19(25)9-14/h1-11H,12H2. The molecule has 3 aromatic rings. The number of Topliss-reactive ketones (excluding diaryl/α,β-unsaturated/α-hetero) is 1. The molecule has 1 heterocycles. The van der Waals surface area contributed by atoms with Gasteiger partial charge in [0.15, 0.2) is 5.76 Å². The van der Waals surface area contributed by atoms with Crippen LogP contribution in [0.4, 0.5) is 0 Å². The zero-order valence-corrected chi connectivity index (χ0v) is 17.5. The SMILES string of the molecule is O=C1C(=Cc2ccc(Br)cc2)Oc2cc(OCc3ccc(Cl)c(Cl)c3)ccc21. The molecule has 0 fully saturated rings. The van der Waals surface area contributed by atoms with Gasteiger partial charge < -0.3 is 9.47 Å². The summed E-state index contributed by atoms with van der Waals surface area (Å²) in [5, 5.41) is 0.980. The first-order valence-electron chi connectivity index (χ1n) is 8.40. The van der Waals surface area contributed by atoms with E-state index in [0.717, 1.165) is 15.6 Å². The van der Waals surface area contributed by atoms with Crippen LogP contribution in [0.15, 0.2) is 70.9 Å². The lowest BCUT2D eigenvalue weighted by Crippen LogP contribution is -1.98. The van der Waals surface area contributed by atoms with E-state index in [4.69, 9.17) is 32.7 Å². The van der Waals surface area contributed by atoms with Crippen LogP contribution in [0, 0.1) is 0 Å². The van der Waals surface area contributed by atoms with E-state index in [1.807, 2.05) is 30.3 Å². The molecule has 0 N–H and O–H groups in total. The Morgan fingerprint density at radius 1 is 0.964 bits per heavy atom. The first-order chi connectivity index (χ1) is 13.5. The second kappa shape index (κ2) is 8.00. The number of hydrogen-bond donors (Lipinski definition) is 0. The highest BCUT2D eigenvalue weighted by molar-refractivity contribution is 9.10. The van der Waals surface area contributed by atoms with Gasteiger partial charge in [0.1, 0.15) is 18.1 Å². The van der Waals surface area contributed by atoms with E-state index in [1.165, 1.54) is 0 Å². The minimum absolute atomic E-state index is 0.144. The molecule has 0 unspecified atom stereocenters. The molecule has 0 aliphatic carbocycles. The van der Waals surface area contributed by atoms with Crippen molar-refractivity contribution in [3.63, 3.8) is 0 Å². The van der Waals surface area contributed by atoms with Crippen molar-refractivity contribution >= 4 is 51.0 Å².